The van der Waals surface area contributed by atoms with Gasteiger partial charge in [0.2, 0.25) is 0 Å². The average molecular weight is 260 g/mol. The van der Waals surface area contributed by atoms with Crippen LogP contribution in [0.5, 0.6) is 5.75 Å². The second-order valence-corrected chi connectivity index (χ2v) is 4.85. The van der Waals surface area contributed by atoms with Crippen molar-refractivity contribution < 1.29 is 9.84 Å². The van der Waals surface area contributed by atoms with E-state index in [0.29, 0.717) is 18.2 Å². The van der Waals surface area contributed by atoms with Crippen LogP contribution >= 0.6 is 0 Å². The Morgan fingerprint density at radius 1 is 1.42 bits per heavy atom. The van der Waals surface area contributed by atoms with Crippen LogP contribution in [0.4, 0.5) is 5.69 Å². The fourth-order valence-corrected chi connectivity index (χ4v) is 2.79. The molecule has 4 nitrogen and oxygen atoms in total. The summed E-state index contributed by atoms with van der Waals surface area (Å²) in [5, 5.41) is 18.6. The van der Waals surface area contributed by atoms with E-state index in [1.165, 1.54) is 12.8 Å². The predicted molar refractivity (Wildman–Crippen MR) is 74.4 cm³/mol. The van der Waals surface area contributed by atoms with E-state index in [9.17, 15) is 10.4 Å². The number of aliphatic hydroxyl groups excluding tert-OH is 1. The van der Waals surface area contributed by atoms with Crippen molar-refractivity contribution in [2.45, 2.75) is 31.7 Å². The number of aliphatic hydroxyl groups is 1. The minimum absolute atomic E-state index is 0.0958. The summed E-state index contributed by atoms with van der Waals surface area (Å²) < 4.78 is 5.25. The lowest BCUT2D eigenvalue weighted by molar-refractivity contribution is 0.297. The monoisotopic (exact) mass is 260 g/mol. The van der Waals surface area contributed by atoms with Gasteiger partial charge >= 0.3 is 0 Å². The molecule has 0 spiro atoms. The third kappa shape index (κ3) is 2.99. The third-order valence-corrected chi connectivity index (χ3v) is 3.74. The lowest BCUT2D eigenvalue weighted by Crippen LogP contribution is -2.36. The molecule has 0 atom stereocenters. The molecule has 1 aliphatic carbocycles. The van der Waals surface area contributed by atoms with Gasteiger partial charge in [-0.05, 0) is 25.0 Å². The zero-order valence-electron chi connectivity index (χ0n) is 11.3. The Bertz CT molecular complexity index is 462. The smallest absolute Gasteiger partial charge is 0.121 e. The SMILES string of the molecule is COc1ccc(C#N)c(N(CCO)C2CCCC2)c1. The minimum atomic E-state index is 0.0958. The van der Waals surface area contributed by atoms with Crippen molar-refractivity contribution in [1.82, 2.24) is 0 Å². The first kappa shape index (κ1) is 13.7. The van der Waals surface area contributed by atoms with Gasteiger partial charge in [-0.3, -0.25) is 0 Å². The van der Waals surface area contributed by atoms with Gasteiger partial charge in [0.25, 0.3) is 0 Å². The van der Waals surface area contributed by atoms with E-state index in [1.807, 2.05) is 6.07 Å². The van der Waals surface area contributed by atoms with Crippen molar-refractivity contribution >= 4 is 5.69 Å². The molecule has 0 heterocycles. The molecule has 1 N–H and O–H groups in total. The third-order valence-electron chi connectivity index (χ3n) is 3.74. The number of nitriles is 1. The summed E-state index contributed by atoms with van der Waals surface area (Å²) in [6.45, 7) is 0.658. The summed E-state index contributed by atoms with van der Waals surface area (Å²) in [6.07, 6.45) is 4.70. The fraction of sp³-hybridized carbons (Fsp3) is 0.533. The summed E-state index contributed by atoms with van der Waals surface area (Å²) in [6, 6.07) is 8.13. The molecule has 1 saturated carbocycles. The van der Waals surface area contributed by atoms with Crippen LogP contribution in [-0.4, -0.2) is 31.4 Å². The number of anilines is 1. The van der Waals surface area contributed by atoms with Gasteiger partial charge in [-0.15, -0.1) is 0 Å². The number of nitrogens with zero attached hydrogens (tertiary/aromatic N) is 2. The molecule has 0 saturated heterocycles. The molecule has 2 rings (SSSR count). The van der Waals surface area contributed by atoms with Gasteiger partial charge in [-0.2, -0.15) is 5.26 Å². The molecular weight excluding hydrogens is 240 g/mol. The first-order valence-corrected chi connectivity index (χ1v) is 6.75. The summed E-state index contributed by atoms with van der Waals surface area (Å²) in [5.74, 6) is 0.745. The predicted octanol–water partition coefficient (Wildman–Crippen LogP) is 2.31. The quantitative estimate of drug-likeness (QED) is 0.882. The Morgan fingerprint density at radius 2 is 2.16 bits per heavy atom. The number of benzene rings is 1. The van der Waals surface area contributed by atoms with Gasteiger partial charge in [-0.1, -0.05) is 12.8 Å². The lowest BCUT2D eigenvalue weighted by Gasteiger charge is -2.31. The minimum Gasteiger partial charge on any atom is -0.497 e. The number of methoxy groups -OCH3 is 1. The Kier molecular flexibility index (Phi) is 4.64. The lowest BCUT2D eigenvalue weighted by atomic mass is 10.1. The molecular formula is C15H20N2O2. The van der Waals surface area contributed by atoms with Crippen LogP contribution in [-0.2, 0) is 0 Å². The van der Waals surface area contributed by atoms with Gasteiger partial charge < -0.3 is 14.7 Å². The number of ether oxygens (including phenoxy) is 1. The maximum Gasteiger partial charge on any atom is 0.121 e. The highest BCUT2D eigenvalue weighted by molar-refractivity contribution is 5.62. The number of hydrogen-bond acceptors (Lipinski definition) is 4. The van der Waals surface area contributed by atoms with Crippen LogP contribution in [0.1, 0.15) is 31.2 Å². The number of rotatable bonds is 5. The van der Waals surface area contributed by atoms with Crippen molar-refractivity contribution in [3.8, 4) is 11.8 Å². The van der Waals surface area contributed by atoms with Crippen molar-refractivity contribution in [1.29, 1.82) is 5.26 Å². The molecule has 1 aromatic carbocycles. The van der Waals surface area contributed by atoms with Crippen molar-refractivity contribution in [2.75, 3.05) is 25.2 Å². The highest BCUT2D eigenvalue weighted by Gasteiger charge is 2.24. The van der Waals surface area contributed by atoms with Crippen molar-refractivity contribution in [3.05, 3.63) is 23.8 Å². The van der Waals surface area contributed by atoms with Crippen LogP contribution in [0.2, 0.25) is 0 Å². The molecule has 0 unspecified atom stereocenters. The highest BCUT2D eigenvalue weighted by Crippen LogP contribution is 2.32. The van der Waals surface area contributed by atoms with Crippen LogP contribution in [0.3, 0.4) is 0 Å². The molecule has 0 aromatic heterocycles. The Morgan fingerprint density at radius 3 is 2.74 bits per heavy atom. The van der Waals surface area contributed by atoms with Gasteiger partial charge in [0.1, 0.15) is 11.8 Å². The summed E-state index contributed by atoms with van der Waals surface area (Å²) in [5.41, 5.74) is 1.52. The summed E-state index contributed by atoms with van der Waals surface area (Å²) in [7, 11) is 1.62. The normalized spacial score (nSPS) is 15.2. The molecule has 102 valence electrons. The van der Waals surface area contributed by atoms with E-state index in [2.05, 4.69) is 11.0 Å². The Hall–Kier alpha value is -1.73. The molecule has 1 fully saturated rings. The molecule has 4 heteroatoms. The molecule has 0 aliphatic heterocycles. The van der Waals surface area contributed by atoms with E-state index in [4.69, 9.17) is 4.74 Å². The zero-order valence-corrected chi connectivity index (χ0v) is 11.3. The van der Waals surface area contributed by atoms with Gasteiger partial charge in [-0.25, -0.2) is 0 Å². The molecule has 19 heavy (non-hydrogen) atoms. The van der Waals surface area contributed by atoms with Crippen LogP contribution < -0.4 is 9.64 Å². The molecule has 1 aliphatic rings. The highest BCUT2D eigenvalue weighted by atomic mass is 16.5. The van der Waals surface area contributed by atoms with E-state index >= 15 is 0 Å². The molecule has 0 bridgehead atoms. The topological polar surface area (TPSA) is 56.5 Å². The first-order chi connectivity index (χ1) is 9.30. The van der Waals surface area contributed by atoms with E-state index in [-0.39, 0.29) is 6.61 Å². The van der Waals surface area contributed by atoms with Gasteiger partial charge in [0.15, 0.2) is 0 Å². The Labute approximate surface area is 114 Å². The second-order valence-electron chi connectivity index (χ2n) is 4.85. The van der Waals surface area contributed by atoms with Crippen LogP contribution in [0.15, 0.2) is 18.2 Å². The summed E-state index contributed by atoms with van der Waals surface area (Å²) in [4.78, 5) is 2.16. The maximum absolute atomic E-state index is 9.29. The van der Waals surface area contributed by atoms with E-state index in [0.717, 1.165) is 24.3 Å². The largest absolute Gasteiger partial charge is 0.497 e. The molecule has 0 radical (unpaired) electrons. The molecule has 1 aromatic rings. The molecule has 0 amide bonds. The van der Waals surface area contributed by atoms with Crippen molar-refractivity contribution in [3.63, 3.8) is 0 Å². The maximum atomic E-state index is 9.29. The second kappa shape index (κ2) is 6.44. The van der Waals surface area contributed by atoms with Crippen molar-refractivity contribution in [2.24, 2.45) is 0 Å². The van der Waals surface area contributed by atoms with Crippen LogP contribution in [0, 0.1) is 11.3 Å². The number of hydrogen-bond donors (Lipinski definition) is 1. The zero-order chi connectivity index (χ0) is 13.7. The summed E-state index contributed by atoms with van der Waals surface area (Å²) >= 11 is 0. The standard InChI is InChI=1S/C15H20N2O2/c1-19-14-7-6-12(11-16)15(10-14)17(8-9-18)13-4-2-3-5-13/h6-7,10,13,18H,2-5,8-9H2,1H3. The average Bonchev–Trinajstić information content (AvgIpc) is 2.98. The first-order valence-electron chi connectivity index (χ1n) is 6.75. The van der Waals surface area contributed by atoms with E-state index in [1.54, 1.807) is 19.2 Å². The Balaban J connectivity index is 2.36. The fourth-order valence-electron chi connectivity index (χ4n) is 2.79. The van der Waals surface area contributed by atoms with Crippen LogP contribution in [0.25, 0.3) is 0 Å². The van der Waals surface area contributed by atoms with Gasteiger partial charge in [0.05, 0.1) is 25.0 Å². The van der Waals surface area contributed by atoms with Gasteiger partial charge in [0, 0.05) is 18.7 Å². The van der Waals surface area contributed by atoms with E-state index < -0.39 is 0 Å².